The molecule has 1 saturated heterocycles. The van der Waals surface area contributed by atoms with E-state index >= 15 is 0 Å². The summed E-state index contributed by atoms with van der Waals surface area (Å²) < 4.78 is 5.67. The first-order chi connectivity index (χ1) is 11.4. The molecule has 7 unspecified atom stereocenters. The monoisotopic (exact) mass is 572 g/mol. The number of epoxide rings is 1. The second kappa shape index (κ2) is 6.47. The molecule has 0 radical (unpaired) electrons. The zero-order valence-corrected chi connectivity index (χ0v) is 21.8. The van der Waals surface area contributed by atoms with Gasteiger partial charge in [0.1, 0.15) is 0 Å². The van der Waals surface area contributed by atoms with Crippen molar-refractivity contribution < 1.29 is 4.74 Å². The molecule has 5 fully saturated rings. The summed E-state index contributed by atoms with van der Waals surface area (Å²) in [6, 6.07) is 0. The minimum Gasteiger partial charge on any atom is -0.366 e. The molecule has 1 nitrogen and oxygen atoms in total. The van der Waals surface area contributed by atoms with Crippen molar-refractivity contribution in [1.82, 2.24) is 0 Å². The summed E-state index contributed by atoms with van der Waals surface area (Å²) in [5.74, 6) is 5.26. The van der Waals surface area contributed by atoms with E-state index in [2.05, 4.69) is 92.6 Å². The van der Waals surface area contributed by atoms with Crippen molar-refractivity contribution in [3.05, 3.63) is 0 Å². The molecule has 3 heteroatoms. The Morgan fingerprint density at radius 2 is 1.24 bits per heavy atom. The van der Waals surface area contributed by atoms with Gasteiger partial charge in [0.05, 0.1) is 11.7 Å². The molecule has 0 aromatic carbocycles. The highest BCUT2D eigenvalue weighted by Crippen LogP contribution is 2.77. The quantitative estimate of drug-likeness (QED) is 0.214. The van der Waals surface area contributed by atoms with E-state index in [9.17, 15) is 0 Å². The van der Waals surface area contributed by atoms with Crippen LogP contribution in [0.4, 0.5) is 0 Å². The van der Waals surface area contributed by atoms with Gasteiger partial charge in [-0.05, 0) is 78.4 Å². The number of hydrogen-bond donors (Lipinski definition) is 0. The summed E-state index contributed by atoms with van der Waals surface area (Å²) in [5, 5.41) is 0. The summed E-state index contributed by atoms with van der Waals surface area (Å²) in [4.78, 5) is 0. The fraction of sp³-hybridized carbons (Fsp3) is 1.00. The first-order valence-electron chi connectivity index (χ1n) is 10.2. The number of rotatable bonds is 0. The molecular weight excluding hydrogens is 534 g/mol. The lowest BCUT2D eigenvalue weighted by Gasteiger charge is -2.45. The standard InChI is InChI=1S/C12H20.C10H18O.I2/c1-11(2)9-6-10(12(11,3)4)8-5-7(8)9;1-7-5-10(4)8(11-10)6-9(7,2)3;1-2/h7-10H,5-6H2,1-4H3;7-8H,5-6H2,1-4H3;. The summed E-state index contributed by atoms with van der Waals surface area (Å²) >= 11 is 4.24. The van der Waals surface area contributed by atoms with Crippen LogP contribution in [0.3, 0.4) is 0 Å². The predicted octanol–water partition coefficient (Wildman–Crippen LogP) is 7.70. The second-order valence-corrected chi connectivity index (χ2v) is 11.7. The molecule has 0 N–H and O–H groups in total. The van der Waals surface area contributed by atoms with E-state index in [-0.39, 0.29) is 5.60 Å². The van der Waals surface area contributed by atoms with Gasteiger partial charge in [-0.2, -0.15) is 0 Å². The Morgan fingerprint density at radius 3 is 1.64 bits per heavy atom. The molecule has 5 aliphatic rings. The number of ether oxygens (including phenoxy) is 1. The summed E-state index contributed by atoms with van der Waals surface area (Å²) in [7, 11) is 0. The molecule has 0 amide bonds. The lowest BCUT2D eigenvalue weighted by Crippen LogP contribution is -2.39. The van der Waals surface area contributed by atoms with Crippen LogP contribution in [0.15, 0.2) is 0 Å². The van der Waals surface area contributed by atoms with Gasteiger partial charge >= 0.3 is 0 Å². The normalized spacial score (nSPS) is 51.1. The molecule has 146 valence electrons. The first-order valence-corrected chi connectivity index (χ1v) is 16.5. The fourth-order valence-electron chi connectivity index (χ4n) is 6.69. The zero-order chi connectivity index (χ0) is 19.0. The summed E-state index contributed by atoms with van der Waals surface area (Å²) in [6.07, 6.45) is 6.21. The highest BCUT2D eigenvalue weighted by atomic mass is 128. The van der Waals surface area contributed by atoms with Crippen LogP contribution in [0.2, 0.25) is 0 Å². The Kier molecular flexibility index (Phi) is 5.47. The molecule has 0 spiro atoms. The SMILES string of the molecule is CC1(C)C2CC(C3CC32)C1(C)C.CC1CC2(C)OC2CC1(C)C.II. The van der Waals surface area contributed by atoms with Crippen LogP contribution >= 0.6 is 37.2 Å². The average Bonchev–Trinajstić information content (AvgIpc) is 3.35. The van der Waals surface area contributed by atoms with Crippen molar-refractivity contribution in [3.63, 3.8) is 0 Å². The van der Waals surface area contributed by atoms with Crippen LogP contribution in [0.5, 0.6) is 0 Å². The van der Waals surface area contributed by atoms with E-state index < -0.39 is 0 Å². The molecule has 0 aromatic rings. The third-order valence-electron chi connectivity index (χ3n) is 9.74. The highest BCUT2D eigenvalue weighted by Gasteiger charge is 2.70. The van der Waals surface area contributed by atoms with E-state index in [4.69, 9.17) is 4.74 Å². The van der Waals surface area contributed by atoms with Gasteiger partial charge in [-0.25, -0.2) is 0 Å². The molecule has 4 aliphatic carbocycles. The number of fused-ring (bicyclic) bond motifs is 6. The summed E-state index contributed by atoms with van der Waals surface area (Å²) in [5.41, 5.74) is 2.01. The van der Waals surface area contributed by atoms with Crippen LogP contribution < -0.4 is 0 Å². The van der Waals surface area contributed by atoms with Gasteiger partial charge in [0.2, 0.25) is 0 Å². The Bertz CT molecular complexity index is 502. The molecule has 25 heavy (non-hydrogen) atoms. The third kappa shape index (κ3) is 3.26. The number of hydrogen-bond acceptors (Lipinski definition) is 1. The molecule has 0 aromatic heterocycles. The van der Waals surface area contributed by atoms with Crippen LogP contribution in [-0.2, 0) is 4.74 Å². The van der Waals surface area contributed by atoms with Gasteiger partial charge in [-0.1, -0.05) is 48.5 Å². The van der Waals surface area contributed by atoms with Crippen molar-refractivity contribution in [2.24, 2.45) is 45.8 Å². The Hall–Kier alpha value is 1.42. The topological polar surface area (TPSA) is 12.5 Å². The van der Waals surface area contributed by atoms with Crippen molar-refractivity contribution in [2.45, 2.75) is 92.8 Å². The molecule has 1 aliphatic heterocycles. The van der Waals surface area contributed by atoms with Crippen molar-refractivity contribution in [3.8, 4) is 0 Å². The van der Waals surface area contributed by atoms with E-state index in [0.717, 1.165) is 29.6 Å². The van der Waals surface area contributed by atoms with Crippen LogP contribution in [0, 0.1) is 45.8 Å². The van der Waals surface area contributed by atoms with E-state index in [1.807, 2.05) is 0 Å². The van der Waals surface area contributed by atoms with Gasteiger partial charge in [-0.15, -0.1) is 0 Å². The molecular formula is C22H38I2O. The van der Waals surface area contributed by atoms with Crippen molar-refractivity contribution in [1.29, 1.82) is 0 Å². The molecule has 1 heterocycles. The summed E-state index contributed by atoms with van der Waals surface area (Å²) in [6.45, 7) is 19.3. The van der Waals surface area contributed by atoms with Gasteiger partial charge in [-0.3, -0.25) is 0 Å². The Morgan fingerprint density at radius 1 is 0.760 bits per heavy atom. The first kappa shape index (κ1) is 21.1. The molecule has 2 bridgehead atoms. The molecule has 7 atom stereocenters. The van der Waals surface area contributed by atoms with E-state index in [0.29, 0.717) is 22.3 Å². The highest BCUT2D eigenvalue weighted by molar-refractivity contribution is 15.0. The molecule has 4 saturated carbocycles. The maximum Gasteiger partial charge on any atom is 0.0923 e. The van der Waals surface area contributed by atoms with E-state index in [1.54, 1.807) is 12.8 Å². The average molecular weight is 572 g/mol. The van der Waals surface area contributed by atoms with Crippen LogP contribution in [-0.4, -0.2) is 11.7 Å². The van der Waals surface area contributed by atoms with Crippen molar-refractivity contribution in [2.75, 3.05) is 0 Å². The largest absolute Gasteiger partial charge is 0.366 e. The molecule has 5 rings (SSSR count). The number of halogens is 2. The minimum atomic E-state index is 0.273. The van der Waals surface area contributed by atoms with Crippen molar-refractivity contribution >= 4 is 37.2 Å². The Labute approximate surface area is 179 Å². The smallest absolute Gasteiger partial charge is 0.0923 e. The maximum absolute atomic E-state index is 5.67. The fourth-order valence-corrected chi connectivity index (χ4v) is 6.69. The maximum atomic E-state index is 5.67. The Balaban J connectivity index is 0.000000133. The minimum absolute atomic E-state index is 0.273. The van der Waals surface area contributed by atoms with Gasteiger partial charge in [0.25, 0.3) is 0 Å². The third-order valence-corrected chi connectivity index (χ3v) is 9.74. The van der Waals surface area contributed by atoms with E-state index in [1.165, 1.54) is 12.8 Å². The second-order valence-electron chi connectivity index (χ2n) is 11.7. The zero-order valence-electron chi connectivity index (χ0n) is 17.5. The predicted molar refractivity (Wildman–Crippen MR) is 124 cm³/mol. The van der Waals surface area contributed by atoms with Crippen LogP contribution in [0.25, 0.3) is 0 Å². The lowest BCUT2D eigenvalue weighted by molar-refractivity contribution is 0.0328. The van der Waals surface area contributed by atoms with Gasteiger partial charge in [0.15, 0.2) is 0 Å². The van der Waals surface area contributed by atoms with Crippen LogP contribution in [0.1, 0.15) is 81.1 Å². The van der Waals surface area contributed by atoms with Gasteiger partial charge < -0.3 is 4.74 Å². The van der Waals surface area contributed by atoms with Gasteiger partial charge in [0, 0.05) is 37.2 Å². The lowest BCUT2D eigenvalue weighted by atomic mass is 9.60.